The molecule has 0 aromatic carbocycles. The minimum absolute atomic E-state index is 0.183. The number of hydrogen-bond acceptors (Lipinski definition) is 4. The Bertz CT molecular complexity index is 448. The number of pyridine rings is 1. The average molecular weight is 250 g/mol. The first kappa shape index (κ1) is 12.8. The second-order valence-electron chi connectivity index (χ2n) is 4.90. The summed E-state index contributed by atoms with van der Waals surface area (Å²) in [6, 6.07) is 3.09. The van der Waals surface area contributed by atoms with E-state index in [0.29, 0.717) is 17.4 Å². The van der Waals surface area contributed by atoms with Crippen molar-refractivity contribution in [3.05, 3.63) is 23.4 Å². The molecule has 1 aliphatic rings. The number of aryl methyl sites for hydroxylation is 1. The zero-order valence-corrected chi connectivity index (χ0v) is 10.4. The number of carboxylic acid groups (broad SMARTS) is 1. The highest BCUT2D eigenvalue weighted by molar-refractivity contribution is 5.88. The Morgan fingerprint density at radius 1 is 1.50 bits per heavy atom. The van der Waals surface area contributed by atoms with E-state index < -0.39 is 5.97 Å². The molecular weight excluding hydrogens is 232 g/mol. The van der Waals surface area contributed by atoms with E-state index in [9.17, 15) is 9.90 Å². The number of carbonyl (C=O) groups is 1. The number of nitrogens with zero attached hydrogens (tertiary/aromatic N) is 1. The molecule has 5 nitrogen and oxygen atoms in total. The lowest BCUT2D eigenvalue weighted by molar-refractivity contribution is 0.0696. The number of aliphatic hydroxyl groups excluding tert-OH is 1. The highest BCUT2D eigenvalue weighted by Gasteiger charge is 2.22. The SMILES string of the molecule is Cc1cc(C(=O)O)cc(NCC2CCC(O)C2)n1. The van der Waals surface area contributed by atoms with Crippen LogP contribution in [0, 0.1) is 12.8 Å². The van der Waals surface area contributed by atoms with Gasteiger partial charge in [-0.2, -0.15) is 0 Å². The van der Waals surface area contributed by atoms with Crippen molar-refractivity contribution in [1.82, 2.24) is 4.98 Å². The summed E-state index contributed by atoms with van der Waals surface area (Å²) in [6.45, 7) is 2.50. The van der Waals surface area contributed by atoms with Crippen LogP contribution in [-0.2, 0) is 0 Å². The minimum Gasteiger partial charge on any atom is -0.478 e. The molecule has 1 aromatic rings. The van der Waals surface area contributed by atoms with Crippen LogP contribution in [0.4, 0.5) is 5.82 Å². The Hall–Kier alpha value is -1.62. The lowest BCUT2D eigenvalue weighted by Crippen LogP contribution is -2.14. The van der Waals surface area contributed by atoms with Crippen LogP contribution in [0.3, 0.4) is 0 Å². The molecule has 0 bridgehead atoms. The molecule has 1 fully saturated rings. The number of aliphatic hydroxyl groups is 1. The first-order valence-electron chi connectivity index (χ1n) is 6.18. The van der Waals surface area contributed by atoms with Gasteiger partial charge in [0.05, 0.1) is 11.7 Å². The van der Waals surface area contributed by atoms with Crippen molar-refractivity contribution in [3.8, 4) is 0 Å². The lowest BCUT2D eigenvalue weighted by atomic mass is 10.1. The Morgan fingerprint density at radius 3 is 2.89 bits per heavy atom. The smallest absolute Gasteiger partial charge is 0.335 e. The van der Waals surface area contributed by atoms with Crippen LogP contribution < -0.4 is 5.32 Å². The van der Waals surface area contributed by atoms with Crippen molar-refractivity contribution < 1.29 is 15.0 Å². The molecule has 1 aromatic heterocycles. The minimum atomic E-state index is -0.945. The molecular formula is C13H18N2O3. The number of anilines is 1. The van der Waals surface area contributed by atoms with Gasteiger partial charge in [0, 0.05) is 12.2 Å². The Morgan fingerprint density at radius 2 is 2.28 bits per heavy atom. The van der Waals surface area contributed by atoms with Gasteiger partial charge in [0.25, 0.3) is 0 Å². The molecule has 1 heterocycles. The summed E-state index contributed by atoms with van der Waals surface area (Å²) in [4.78, 5) is 15.2. The molecule has 98 valence electrons. The number of nitrogens with one attached hydrogen (secondary N) is 1. The molecule has 1 aliphatic carbocycles. The summed E-state index contributed by atoms with van der Waals surface area (Å²) >= 11 is 0. The van der Waals surface area contributed by atoms with Gasteiger partial charge in [-0.05, 0) is 44.2 Å². The fraction of sp³-hybridized carbons (Fsp3) is 0.538. The van der Waals surface area contributed by atoms with Crippen LogP contribution in [0.2, 0.25) is 0 Å². The number of aromatic carboxylic acids is 1. The van der Waals surface area contributed by atoms with Crippen LogP contribution in [-0.4, -0.2) is 33.8 Å². The fourth-order valence-electron chi connectivity index (χ4n) is 2.37. The van der Waals surface area contributed by atoms with E-state index in [1.54, 1.807) is 19.1 Å². The van der Waals surface area contributed by atoms with Crippen molar-refractivity contribution >= 4 is 11.8 Å². The second-order valence-corrected chi connectivity index (χ2v) is 4.90. The Labute approximate surface area is 106 Å². The number of rotatable bonds is 4. The molecule has 2 atom stereocenters. The van der Waals surface area contributed by atoms with Gasteiger partial charge in [-0.3, -0.25) is 0 Å². The average Bonchev–Trinajstić information content (AvgIpc) is 2.72. The number of hydrogen-bond donors (Lipinski definition) is 3. The van der Waals surface area contributed by atoms with E-state index in [0.717, 1.165) is 25.8 Å². The van der Waals surface area contributed by atoms with Gasteiger partial charge in [-0.1, -0.05) is 0 Å². The van der Waals surface area contributed by atoms with Crippen LogP contribution in [0.5, 0.6) is 0 Å². The summed E-state index contributed by atoms with van der Waals surface area (Å²) in [7, 11) is 0. The summed E-state index contributed by atoms with van der Waals surface area (Å²) in [5, 5.41) is 21.6. The fourth-order valence-corrected chi connectivity index (χ4v) is 2.37. The van der Waals surface area contributed by atoms with E-state index in [-0.39, 0.29) is 11.7 Å². The van der Waals surface area contributed by atoms with Crippen LogP contribution >= 0.6 is 0 Å². The van der Waals surface area contributed by atoms with Crippen LogP contribution in [0.25, 0.3) is 0 Å². The summed E-state index contributed by atoms with van der Waals surface area (Å²) in [5.41, 5.74) is 0.931. The number of carboxylic acids is 1. The highest BCUT2D eigenvalue weighted by atomic mass is 16.4. The van der Waals surface area contributed by atoms with Crippen molar-refractivity contribution in [2.45, 2.75) is 32.3 Å². The second kappa shape index (κ2) is 5.35. The van der Waals surface area contributed by atoms with E-state index in [1.807, 2.05) is 0 Å². The van der Waals surface area contributed by atoms with Crippen molar-refractivity contribution in [3.63, 3.8) is 0 Å². The Kier molecular flexibility index (Phi) is 3.81. The predicted octanol–water partition coefficient (Wildman–Crippen LogP) is 1.66. The number of aromatic nitrogens is 1. The van der Waals surface area contributed by atoms with Gasteiger partial charge in [0.1, 0.15) is 5.82 Å². The monoisotopic (exact) mass is 250 g/mol. The van der Waals surface area contributed by atoms with Gasteiger partial charge in [0.15, 0.2) is 0 Å². The van der Waals surface area contributed by atoms with Gasteiger partial charge >= 0.3 is 5.97 Å². The van der Waals surface area contributed by atoms with Crippen molar-refractivity contribution in [2.75, 3.05) is 11.9 Å². The Balaban J connectivity index is 1.98. The summed E-state index contributed by atoms with van der Waals surface area (Å²) < 4.78 is 0. The topological polar surface area (TPSA) is 82.5 Å². The van der Waals surface area contributed by atoms with Crippen molar-refractivity contribution in [1.29, 1.82) is 0 Å². The van der Waals surface area contributed by atoms with E-state index >= 15 is 0 Å². The quantitative estimate of drug-likeness (QED) is 0.757. The molecule has 0 aliphatic heterocycles. The molecule has 0 saturated heterocycles. The van der Waals surface area contributed by atoms with E-state index in [1.165, 1.54) is 0 Å². The summed E-state index contributed by atoms with van der Waals surface area (Å²) in [5.74, 6) is 0.0872. The van der Waals surface area contributed by atoms with E-state index in [4.69, 9.17) is 5.11 Å². The highest BCUT2D eigenvalue weighted by Crippen LogP contribution is 2.25. The third-order valence-corrected chi connectivity index (χ3v) is 3.29. The molecule has 0 radical (unpaired) electrons. The standard InChI is InChI=1S/C13H18N2O3/c1-8-4-10(13(17)18)6-12(15-8)14-7-9-2-3-11(16)5-9/h4,6,9,11,16H,2-3,5,7H2,1H3,(H,14,15)(H,17,18). The molecule has 0 spiro atoms. The van der Waals surface area contributed by atoms with Gasteiger partial charge in [0.2, 0.25) is 0 Å². The zero-order chi connectivity index (χ0) is 13.1. The van der Waals surface area contributed by atoms with Gasteiger partial charge < -0.3 is 15.5 Å². The molecule has 5 heteroatoms. The van der Waals surface area contributed by atoms with Crippen molar-refractivity contribution in [2.24, 2.45) is 5.92 Å². The molecule has 2 rings (SSSR count). The summed E-state index contributed by atoms with van der Waals surface area (Å²) in [6.07, 6.45) is 2.49. The maximum Gasteiger partial charge on any atom is 0.335 e. The molecule has 0 amide bonds. The van der Waals surface area contributed by atoms with Crippen LogP contribution in [0.1, 0.15) is 35.3 Å². The third kappa shape index (κ3) is 3.20. The predicted molar refractivity (Wildman–Crippen MR) is 67.8 cm³/mol. The van der Waals surface area contributed by atoms with Gasteiger partial charge in [-0.15, -0.1) is 0 Å². The molecule has 3 N–H and O–H groups in total. The normalized spacial score (nSPS) is 23.0. The molecule has 1 saturated carbocycles. The first-order chi connectivity index (χ1) is 8.54. The zero-order valence-electron chi connectivity index (χ0n) is 10.4. The van der Waals surface area contributed by atoms with E-state index in [2.05, 4.69) is 10.3 Å². The maximum absolute atomic E-state index is 10.9. The maximum atomic E-state index is 10.9. The third-order valence-electron chi connectivity index (χ3n) is 3.29. The molecule has 18 heavy (non-hydrogen) atoms. The largest absolute Gasteiger partial charge is 0.478 e. The molecule has 2 unspecified atom stereocenters. The lowest BCUT2D eigenvalue weighted by Gasteiger charge is -2.12. The van der Waals surface area contributed by atoms with Gasteiger partial charge in [-0.25, -0.2) is 9.78 Å². The first-order valence-corrected chi connectivity index (χ1v) is 6.18. The van der Waals surface area contributed by atoms with Crippen LogP contribution in [0.15, 0.2) is 12.1 Å².